The maximum absolute atomic E-state index is 14.8. The maximum Gasteiger partial charge on any atom is 0.425 e. The van der Waals surface area contributed by atoms with Crippen molar-refractivity contribution in [3.05, 3.63) is 52.6 Å². The quantitative estimate of drug-likeness (QED) is 0.474. The molecule has 0 aliphatic carbocycles. The molecular weight excluding hydrogens is 444 g/mol. The second-order valence-electron chi connectivity index (χ2n) is 6.46. The fourth-order valence-corrected chi connectivity index (χ4v) is 2.81. The largest absolute Gasteiger partial charge is 0.493 e. The normalized spacial score (nSPS) is 12.5. The number of ether oxygens (including phenoxy) is 1. The Hall–Kier alpha value is -3.34. The molecule has 1 aromatic carbocycles. The number of aromatic amines is 1. The Kier molecular flexibility index (Phi) is 6.07. The van der Waals surface area contributed by atoms with E-state index in [-0.39, 0.29) is 22.1 Å². The van der Waals surface area contributed by atoms with Crippen LogP contribution in [-0.4, -0.2) is 38.5 Å². The Bertz CT molecular complexity index is 1110. The van der Waals surface area contributed by atoms with E-state index in [1.54, 1.807) is 0 Å². The highest BCUT2D eigenvalue weighted by molar-refractivity contribution is 6.33. The number of carbonyl (C=O) groups is 1. The lowest BCUT2D eigenvalue weighted by Crippen LogP contribution is -2.32. The third-order valence-electron chi connectivity index (χ3n) is 4.23. The summed E-state index contributed by atoms with van der Waals surface area (Å²) in [6.45, 7) is 2.27. The number of benzene rings is 1. The van der Waals surface area contributed by atoms with Crippen LogP contribution >= 0.6 is 11.6 Å². The summed E-state index contributed by atoms with van der Waals surface area (Å²) in [5, 5.41) is 18.1. The molecular formula is C19H15ClF4N4O3. The van der Waals surface area contributed by atoms with Gasteiger partial charge in [0.1, 0.15) is 22.4 Å². The van der Waals surface area contributed by atoms with Gasteiger partial charge in [-0.1, -0.05) is 17.7 Å². The van der Waals surface area contributed by atoms with Gasteiger partial charge in [-0.3, -0.25) is 9.89 Å². The highest BCUT2D eigenvalue weighted by Crippen LogP contribution is 2.34. The predicted octanol–water partition coefficient (Wildman–Crippen LogP) is 4.86. The van der Waals surface area contributed by atoms with Gasteiger partial charge in [-0.2, -0.15) is 18.3 Å². The SMILES string of the molecule is Cc1n[nH]c(Cl)c1NC(=O)c1cc(F)c(-c2cccc(O)n2)cc1O[C@@H](C)C(F)(F)F. The van der Waals surface area contributed by atoms with Gasteiger partial charge < -0.3 is 15.2 Å². The maximum atomic E-state index is 14.8. The fourth-order valence-electron chi connectivity index (χ4n) is 2.58. The minimum absolute atomic E-state index is 0.0157. The van der Waals surface area contributed by atoms with Crippen LogP contribution < -0.4 is 10.1 Å². The van der Waals surface area contributed by atoms with Crippen LogP contribution in [0.1, 0.15) is 23.0 Å². The number of H-pyrrole nitrogens is 1. The Balaban J connectivity index is 2.08. The van der Waals surface area contributed by atoms with Gasteiger partial charge in [0.25, 0.3) is 5.91 Å². The topological polar surface area (TPSA) is 100 Å². The molecule has 164 valence electrons. The van der Waals surface area contributed by atoms with E-state index in [9.17, 15) is 27.5 Å². The number of nitrogens with one attached hydrogen (secondary N) is 2. The molecule has 0 radical (unpaired) electrons. The number of aromatic hydroxyl groups is 1. The van der Waals surface area contributed by atoms with Crippen LogP contribution in [0.4, 0.5) is 23.2 Å². The number of amides is 1. The van der Waals surface area contributed by atoms with Gasteiger partial charge in [0.15, 0.2) is 6.10 Å². The van der Waals surface area contributed by atoms with Gasteiger partial charge in [-0.15, -0.1) is 0 Å². The Morgan fingerprint density at radius 1 is 1.32 bits per heavy atom. The highest BCUT2D eigenvalue weighted by atomic mass is 35.5. The molecule has 0 spiro atoms. The van der Waals surface area contributed by atoms with Gasteiger partial charge in [0.2, 0.25) is 5.88 Å². The van der Waals surface area contributed by atoms with Crippen LogP contribution in [0, 0.1) is 12.7 Å². The summed E-state index contributed by atoms with van der Waals surface area (Å²) in [5.41, 5.74) is -0.447. The standard InChI is InChI=1S/C19H15ClF4N4O3/c1-8-16(17(20)28-27-8)26-18(30)11-6-12(21)10(13-4-3-5-15(29)25-13)7-14(11)31-9(2)19(22,23)24/h3-7,9H,1-2H3,(H,25,29)(H,26,30)(H,27,28)/t9-/m0/s1. The van der Waals surface area contributed by atoms with Crippen molar-refractivity contribution < 1.29 is 32.2 Å². The Morgan fingerprint density at radius 3 is 2.61 bits per heavy atom. The van der Waals surface area contributed by atoms with Crippen LogP contribution in [0.3, 0.4) is 0 Å². The van der Waals surface area contributed by atoms with E-state index >= 15 is 0 Å². The zero-order valence-electron chi connectivity index (χ0n) is 16.0. The monoisotopic (exact) mass is 458 g/mol. The van der Waals surface area contributed by atoms with Crippen molar-refractivity contribution in [3.8, 4) is 22.9 Å². The molecule has 0 saturated carbocycles. The number of aromatic nitrogens is 3. The summed E-state index contributed by atoms with van der Waals surface area (Å²) in [5.74, 6) is -2.90. The molecule has 0 aliphatic rings. The van der Waals surface area contributed by atoms with Crippen LogP contribution in [-0.2, 0) is 0 Å². The smallest absolute Gasteiger partial charge is 0.425 e. The summed E-state index contributed by atoms with van der Waals surface area (Å²) in [6, 6.07) is 5.59. The number of hydrogen-bond donors (Lipinski definition) is 3. The van der Waals surface area contributed by atoms with E-state index in [1.165, 1.54) is 25.1 Å². The molecule has 2 heterocycles. The molecule has 7 nitrogen and oxygen atoms in total. The van der Waals surface area contributed by atoms with Crippen LogP contribution in [0.2, 0.25) is 5.15 Å². The van der Waals surface area contributed by atoms with Crippen molar-refractivity contribution in [1.82, 2.24) is 15.2 Å². The number of nitrogens with zero attached hydrogens (tertiary/aromatic N) is 2. The Morgan fingerprint density at radius 2 is 2.03 bits per heavy atom. The molecule has 0 fully saturated rings. The summed E-state index contributed by atoms with van der Waals surface area (Å²) >= 11 is 5.89. The summed E-state index contributed by atoms with van der Waals surface area (Å²) in [6.07, 6.45) is -7.04. The minimum atomic E-state index is -4.74. The molecule has 3 N–H and O–H groups in total. The fraction of sp³-hybridized carbons (Fsp3) is 0.211. The first kappa shape index (κ1) is 22.3. The van der Waals surface area contributed by atoms with Crippen LogP contribution in [0.5, 0.6) is 11.6 Å². The van der Waals surface area contributed by atoms with Gasteiger partial charge in [0, 0.05) is 11.6 Å². The molecule has 31 heavy (non-hydrogen) atoms. The zero-order chi connectivity index (χ0) is 22.9. The minimum Gasteiger partial charge on any atom is -0.493 e. The molecule has 0 aliphatic heterocycles. The Labute approximate surface area is 178 Å². The first-order chi connectivity index (χ1) is 14.5. The van der Waals surface area contributed by atoms with E-state index in [2.05, 4.69) is 20.5 Å². The molecule has 3 aromatic rings. The van der Waals surface area contributed by atoms with Crippen molar-refractivity contribution >= 4 is 23.2 Å². The van der Waals surface area contributed by atoms with Crippen LogP contribution in [0.25, 0.3) is 11.3 Å². The number of carbonyl (C=O) groups excluding carboxylic acids is 1. The molecule has 0 bridgehead atoms. The molecule has 1 atom stereocenters. The lowest BCUT2D eigenvalue weighted by molar-refractivity contribution is -0.189. The lowest BCUT2D eigenvalue weighted by Gasteiger charge is -2.20. The van der Waals surface area contributed by atoms with Gasteiger partial charge in [0.05, 0.1) is 17.0 Å². The van der Waals surface area contributed by atoms with Gasteiger partial charge in [-0.25, -0.2) is 9.37 Å². The van der Waals surface area contributed by atoms with Crippen LogP contribution in [0.15, 0.2) is 30.3 Å². The van der Waals surface area contributed by atoms with E-state index in [0.717, 1.165) is 19.1 Å². The number of anilines is 1. The van der Waals surface area contributed by atoms with E-state index in [1.807, 2.05) is 0 Å². The van der Waals surface area contributed by atoms with E-state index in [4.69, 9.17) is 16.3 Å². The highest BCUT2D eigenvalue weighted by Gasteiger charge is 2.39. The first-order valence-corrected chi connectivity index (χ1v) is 9.10. The average Bonchev–Trinajstić information content (AvgIpc) is 3.00. The van der Waals surface area contributed by atoms with Crippen molar-refractivity contribution in [2.24, 2.45) is 0 Å². The molecule has 12 heteroatoms. The summed E-state index contributed by atoms with van der Waals surface area (Å²) in [7, 11) is 0. The summed E-state index contributed by atoms with van der Waals surface area (Å²) < 4.78 is 58.9. The van der Waals surface area contributed by atoms with Crippen molar-refractivity contribution in [3.63, 3.8) is 0 Å². The molecule has 0 unspecified atom stereocenters. The van der Waals surface area contributed by atoms with Crippen molar-refractivity contribution in [2.45, 2.75) is 26.1 Å². The number of aryl methyl sites for hydroxylation is 1. The number of alkyl halides is 3. The number of hydrogen-bond acceptors (Lipinski definition) is 5. The molecule has 0 saturated heterocycles. The first-order valence-electron chi connectivity index (χ1n) is 8.72. The second-order valence-corrected chi connectivity index (χ2v) is 6.84. The number of halogens is 5. The second kappa shape index (κ2) is 8.42. The van der Waals surface area contributed by atoms with Gasteiger partial charge >= 0.3 is 6.18 Å². The van der Waals surface area contributed by atoms with Crippen molar-refractivity contribution in [2.75, 3.05) is 5.32 Å². The number of rotatable bonds is 5. The summed E-state index contributed by atoms with van der Waals surface area (Å²) in [4.78, 5) is 16.5. The third-order valence-corrected chi connectivity index (χ3v) is 4.50. The lowest BCUT2D eigenvalue weighted by atomic mass is 10.0. The van der Waals surface area contributed by atoms with Gasteiger partial charge in [-0.05, 0) is 32.0 Å². The van der Waals surface area contributed by atoms with Crippen molar-refractivity contribution in [1.29, 1.82) is 0 Å². The molecule has 2 aromatic heterocycles. The zero-order valence-corrected chi connectivity index (χ0v) is 16.8. The third kappa shape index (κ3) is 4.88. The number of pyridine rings is 1. The predicted molar refractivity (Wildman–Crippen MR) is 104 cm³/mol. The average molecular weight is 459 g/mol. The molecule has 1 amide bonds. The molecule has 3 rings (SSSR count). The van der Waals surface area contributed by atoms with E-state index < -0.39 is 41.2 Å². The van der Waals surface area contributed by atoms with E-state index in [0.29, 0.717) is 5.69 Å².